The maximum absolute atomic E-state index is 13.4. The molecule has 0 heterocycles. The minimum absolute atomic E-state index is 0.0194. The summed E-state index contributed by atoms with van der Waals surface area (Å²) in [7, 11) is -4.10. The summed E-state index contributed by atoms with van der Waals surface area (Å²) in [5.74, 6) is -1.84. The first-order valence-corrected chi connectivity index (χ1v) is 11.6. The van der Waals surface area contributed by atoms with Gasteiger partial charge in [-0.25, -0.2) is 17.6 Å². The van der Waals surface area contributed by atoms with E-state index in [4.69, 9.17) is 4.74 Å². The van der Waals surface area contributed by atoms with Crippen molar-refractivity contribution < 1.29 is 27.1 Å². The molecule has 0 bridgehead atoms. The fraction of sp³-hybridized carbons (Fsp3) is 0.167. The van der Waals surface area contributed by atoms with Crippen LogP contribution in [-0.4, -0.2) is 33.4 Å². The minimum atomic E-state index is -4.10. The highest BCUT2D eigenvalue weighted by molar-refractivity contribution is 7.92. The lowest BCUT2D eigenvalue weighted by Crippen LogP contribution is -2.34. The van der Waals surface area contributed by atoms with Crippen molar-refractivity contribution >= 4 is 33.3 Å². The highest BCUT2D eigenvalue weighted by Crippen LogP contribution is 2.23. The second kappa shape index (κ2) is 10.3. The number of benzene rings is 3. The van der Waals surface area contributed by atoms with Crippen LogP contribution in [0.15, 0.2) is 77.7 Å². The molecule has 3 aromatic rings. The maximum Gasteiger partial charge on any atom is 0.340 e. The molecule has 3 rings (SSSR count). The summed E-state index contributed by atoms with van der Waals surface area (Å²) >= 11 is 0. The van der Waals surface area contributed by atoms with Gasteiger partial charge < -0.3 is 9.64 Å². The van der Waals surface area contributed by atoms with E-state index in [1.165, 1.54) is 24.0 Å². The average Bonchev–Trinajstić information content (AvgIpc) is 2.78. The van der Waals surface area contributed by atoms with Gasteiger partial charge in [-0.15, -0.1) is 0 Å². The third-order valence-corrected chi connectivity index (χ3v) is 6.36. The smallest absolute Gasteiger partial charge is 0.340 e. The molecule has 0 aliphatic carbocycles. The summed E-state index contributed by atoms with van der Waals surface area (Å²) in [5, 5.41) is 0. The van der Waals surface area contributed by atoms with Crippen molar-refractivity contribution in [3.63, 3.8) is 0 Å². The number of hydrogen-bond acceptors (Lipinski definition) is 5. The van der Waals surface area contributed by atoms with Crippen molar-refractivity contribution in [1.29, 1.82) is 0 Å². The van der Waals surface area contributed by atoms with Crippen LogP contribution < -0.4 is 9.62 Å². The van der Waals surface area contributed by atoms with E-state index in [0.717, 1.165) is 18.2 Å². The standard InChI is InChI=1S/C24H23FN2O5S/c1-3-27(19-9-5-4-6-10-19)23(28)16-32-24(29)20-11-7-8-12-21(20)26-33(30,31)22-14-13-18(25)15-17(22)2/h4-15,26H,3,16H2,1-2H3. The van der Waals surface area contributed by atoms with Gasteiger partial charge in [0.2, 0.25) is 0 Å². The maximum atomic E-state index is 13.4. The number of aryl methyl sites for hydroxylation is 1. The first-order valence-electron chi connectivity index (χ1n) is 10.1. The van der Waals surface area contributed by atoms with Gasteiger partial charge in [-0.05, 0) is 61.9 Å². The molecule has 0 fully saturated rings. The molecular formula is C24H23FN2O5S. The van der Waals surface area contributed by atoms with Gasteiger partial charge >= 0.3 is 5.97 Å². The average molecular weight is 471 g/mol. The molecule has 0 radical (unpaired) electrons. The monoisotopic (exact) mass is 470 g/mol. The van der Waals surface area contributed by atoms with Crippen LogP contribution in [0.5, 0.6) is 0 Å². The summed E-state index contributed by atoms with van der Waals surface area (Å²) in [6.45, 7) is 3.14. The molecule has 0 spiro atoms. The van der Waals surface area contributed by atoms with Crippen molar-refractivity contribution in [3.8, 4) is 0 Å². The topological polar surface area (TPSA) is 92.8 Å². The van der Waals surface area contributed by atoms with Gasteiger partial charge in [0.1, 0.15) is 5.82 Å². The highest BCUT2D eigenvalue weighted by Gasteiger charge is 2.22. The Labute approximate surface area is 191 Å². The summed E-state index contributed by atoms with van der Waals surface area (Å²) in [5.41, 5.74) is 0.808. The number of hydrogen-bond donors (Lipinski definition) is 1. The van der Waals surface area contributed by atoms with E-state index in [9.17, 15) is 22.4 Å². The molecule has 33 heavy (non-hydrogen) atoms. The number of nitrogens with one attached hydrogen (secondary N) is 1. The predicted octanol–water partition coefficient (Wildman–Crippen LogP) is 4.14. The number of anilines is 2. The summed E-state index contributed by atoms with van der Waals surface area (Å²) in [4.78, 5) is 26.6. The van der Waals surface area contributed by atoms with Gasteiger partial charge in [0.05, 0.1) is 16.1 Å². The molecule has 1 N–H and O–H groups in total. The van der Waals surface area contributed by atoms with Gasteiger partial charge in [0.15, 0.2) is 6.61 Å². The third kappa shape index (κ3) is 5.75. The first-order chi connectivity index (χ1) is 15.7. The van der Waals surface area contributed by atoms with Crippen LogP contribution in [0.3, 0.4) is 0 Å². The number of amides is 1. The third-order valence-electron chi connectivity index (χ3n) is 4.83. The number of sulfonamides is 1. The number of carbonyl (C=O) groups excluding carboxylic acids is 2. The van der Waals surface area contributed by atoms with Crippen LogP contribution in [0.1, 0.15) is 22.8 Å². The quantitative estimate of drug-likeness (QED) is 0.500. The largest absolute Gasteiger partial charge is 0.452 e. The molecule has 0 aromatic heterocycles. The fourth-order valence-corrected chi connectivity index (χ4v) is 4.57. The Balaban J connectivity index is 1.75. The summed E-state index contributed by atoms with van der Waals surface area (Å²) < 4.78 is 46.5. The van der Waals surface area contributed by atoms with E-state index in [2.05, 4.69) is 4.72 Å². The van der Waals surface area contributed by atoms with E-state index in [0.29, 0.717) is 12.2 Å². The van der Waals surface area contributed by atoms with Crippen LogP contribution in [0, 0.1) is 12.7 Å². The number of para-hydroxylation sites is 2. The number of nitrogens with zero attached hydrogens (tertiary/aromatic N) is 1. The van der Waals surface area contributed by atoms with E-state index < -0.39 is 34.3 Å². The van der Waals surface area contributed by atoms with Gasteiger partial charge in [0, 0.05) is 12.2 Å². The second-order valence-corrected chi connectivity index (χ2v) is 8.76. The number of esters is 1. The molecule has 1 amide bonds. The second-order valence-electron chi connectivity index (χ2n) is 7.11. The Morgan fingerprint density at radius 2 is 1.67 bits per heavy atom. The number of halogens is 1. The molecule has 172 valence electrons. The van der Waals surface area contributed by atoms with E-state index >= 15 is 0 Å². The minimum Gasteiger partial charge on any atom is -0.452 e. The van der Waals surface area contributed by atoms with Crippen LogP contribution in [-0.2, 0) is 19.6 Å². The molecule has 0 aliphatic heterocycles. The van der Waals surface area contributed by atoms with Gasteiger partial charge in [-0.2, -0.15) is 0 Å². The molecule has 3 aromatic carbocycles. The van der Waals surface area contributed by atoms with Crippen molar-refractivity contribution in [3.05, 3.63) is 89.7 Å². The SMILES string of the molecule is CCN(C(=O)COC(=O)c1ccccc1NS(=O)(=O)c1ccc(F)cc1C)c1ccccc1. The Kier molecular flexibility index (Phi) is 7.44. The Bertz CT molecular complexity index is 1260. The lowest BCUT2D eigenvalue weighted by molar-refractivity contribution is -0.121. The zero-order chi connectivity index (χ0) is 24.0. The first kappa shape index (κ1) is 23.9. The van der Waals surface area contributed by atoms with Gasteiger partial charge in [-0.3, -0.25) is 9.52 Å². The van der Waals surface area contributed by atoms with Gasteiger partial charge in [-0.1, -0.05) is 30.3 Å². The number of carbonyl (C=O) groups is 2. The summed E-state index contributed by atoms with van der Waals surface area (Å²) in [6, 6.07) is 18.1. The zero-order valence-electron chi connectivity index (χ0n) is 18.1. The van der Waals surface area contributed by atoms with E-state index in [1.807, 2.05) is 6.07 Å². The molecule has 0 unspecified atom stereocenters. The Morgan fingerprint density at radius 3 is 2.33 bits per heavy atom. The van der Waals surface area contributed by atoms with Crippen molar-refractivity contribution in [2.24, 2.45) is 0 Å². The molecule has 0 saturated heterocycles. The lowest BCUT2D eigenvalue weighted by Gasteiger charge is -2.21. The number of likely N-dealkylation sites (N-methyl/N-ethyl adjacent to an activating group) is 1. The van der Waals surface area contributed by atoms with Crippen molar-refractivity contribution in [2.75, 3.05) is 22.8 Å². The Morgan fingerprint density at radius 1 is 1.00 bits per heavy atom. The van der Waals surface area contributed by atoms with Crippen molar-refractivity contribution in [2.45, 2.75) is 18.7 Å². The van der Waals surface area contributed by atoms with Crippen LogP contribution in [0.2, 0.25) is 0 Å². The number of rotatable bonds is 8. The lowest BCUT2D eigenvalue weighted by atomic mass is 10.2. The molecular weight excluding hydrogens is 447 g/mol. The normalized spacial score (nSPS) is 11.0. The summed E-state index contributed by atoms with van der Waals surface area (Å²) in [6.07, 6.45) is 0. The molecule has 9 heteroatoms. The highest BCUT2D eigenvalue weighted by atomic mass is 32.2. The van der Waals surface area contributed by atoms with E-state index in [1.54, 1.807) is 43.3 Å². The zero-order valence-corrected chi connectivity index (χ0v) is 18.9. The Hall–Kier alpha value is -3.72. The van der Waals surface area contributed by atoms with Crippen LogP contribution in [0.25, 0.3) is 0 Å². The fourth-order valence-electron chi connectivity index (χ4n) is 3.26. The predicted molar refractivity (Wildman–Crippen MR) is 123 cm³/mol. The van der Waals surface area contributed by atoms with Crippen LogP contribution >= 0.6 is 0 Å². The van der Waals surface area contributed by atoms with Crippen LogP contribution in [0.4, 0.5) is 15.8 Å². The molecule has 7 nitrogen and oxygen atoms in total. The van der Waals surface area contributed by atoms with E-state index in [-0.39, 0.29) is 21.7 Å². The molecule has 0 atom stereocenters. The molecule has 0 aliphatic rings. The van der Waals surface area contributed by atoms with Crippen molar-refractivity contribution in [1.82, 2.24) is 0 Å². The number of ether oxygens (including phenoxy) is 1. The van der Waals surface area contributed by atoms with Gasteiger partial charge in [0.25, 0.3) is 15.9 Å². The molecule has 0 saturated carbocycles.